The second-order valence-corrected chi connectivity index (χ2v) is 3.23. The molecule has 0 saturated carbocycles. The van der Waals surface area contributed by atoms with E-state index in [0.29, 0.717) is 0 Å². The summed E-state index contributed by atoms with van der Waals surface area (Å²) in [5, 5.41) is 8.91. The fraction of sp³-hybridized carbons (Fsp3) is 0.500. The van der Waals surface area contributed by atoms with Gasteiger partial charge in [0.05, 0.1) is 12.5 Å². The molecule has 1 unspecified atom stereocenters. The molecule has 0 aliphatic heterocycles. The van der Waals surface area contributed by atoms with Gasteiger partial charge in [-0.15, -0.1) is 0 Å². The Labute approximate surface area is 78.5 Å². The van der Waals surface area contributed by atoms with Crippen molar-refractivity contribution in [2.75, 3.05) is 6.61 Å². The van der Waals surface area contributed by atoms with Gasteiger partial charge in [0.25, 0.3) is 0 Å². The lowest BCUT2D eigenvalue weighted by Gasteiger charge is -2.21. The molecule has 0 aromatic rings. The minimum atomic E-state index is -4.26. The topological polar surface area (TPSA) is 20.2 Å². The van der Waals surface area contributed by atoms with E-state index in [2.05, 4.69) is 0 Å². The molecule has 13 heavy (non-hydrogen) atoms. The number of hydrogen-bond acceptors (Lipinski definition) is 1. The Balaban J connectivity index is 2.78. The fourth-order valence-corrected chi connectivity index (χ4v) is 1.32. The highest BCUT2D eigenvalue weighted by atomic mass is 35.5. The lowest BCUT2D eigenvalue weighted by molar-refractivity contribution is -0.161. The number of hydrogen-bond donors (Lipinski definition) is 1. The molecule has 0 amide bonds. The molecule has 0 bridgehead atoms. The third kappa shape index (κ3) is 2.48. The minimum Gasteiger partial charge on any atom is -0.392 e. The zero-order chi connectivity index (χ0) is 10.1. The van der Waals surface area contributed by atoms with Gasteiger partial charge in [0.15, 0.2) is 0 Å². The van der Waals surface area contributed by atoms with Crippen molar-refractivity contribution in [1.82, 2.24) is 0 Å². The first-order valence-electron chi connectivity index (χ1n) is 3.68. The van der Waals surface area contributed by atoms with Gasteiger partial charge in [0.2, 0.25) is 0 Å². The van der Waals surface area contributed by atoms with Crippen LogP contribution in [0.2, 0.25) is 0 Å². The van der Waals surface area contributed by atoms with Crippen LogP contribution < -0.4 is 0 Å². The Kier molecular flexibility index (Phi) is 3.03. The van der Waals surface area contributed by atoms with Crippen molar-refractivity contribution in [2.45, 2.75) is 12.6 Å². The number of halogens is 4. The van der Waals surface area contributed by atoms with Gasteiger partial charge >= 0.3 is 6.18 Å². The second-order valence-electron chi connectivity index (χ2n) is 2.82. The summed E-state index contributed by atoms with van der Waals surface area (Å²) in [6, 6.07) is 0. The largest absolute Gasteiger partial charge is 0.395 e. The summed E-state index contributed by atoms with van der Waals surface area (Å²) in [6.45, 7) is -0.421. The fourth-order valence-electron chi connectivity index (χ4n) is 1.11. The van der Waals surface area contributed by atoms with E-state index in [-0.39, 0.29) is 17.0 Å². The molecule has 0 spiro atoms. The Hall–Kier alpha value is -0.480. The molecule has 1 rings (SSSR count). The Morgan fingerprint density at radius 3 is 2.62 bits per heavy atom. The predicted octanol–water partition coefficient (Wildman–Crippen LogP) is 2.61. The summed E-state index contributed by atoms with van der Waals surface area (Å²) < 4.78 is 36.5. The SMILES string of the molecule is OCC1=C(Cl)C=CC(C(F)(F)F)C1. The summed E-state index contributed by atoms with van der Waals surface area (Å²) in [4.78, 5) is 0. The van der Waals surface area contributed by atoms with E-state index in [9.17, 15) is 13.2 Å². The van der Waals surface area contributed by atoms with E-state index in [0.717, 1.165) is 6.08 Å². The van der Waals surface area contributed by atoms with Crippen molar-refractivity contribution in [3.63, 3.8) is 0 Å². The van der Waals surface area contributed by atoms with Crippen molar-refractivity contribution >= 4 is 11.6 Å². The van der Waals surface area contributed by atoms with Crippen molar-refractivity contribution < 1.29 is 18.3 Å². The molecule has 0 heterocycles. The summed E-state index contributed by atoms with van der Waals surface area (Å²) in [7, 11) is 0. The smallest absolute Gasteiger partial charge is 0.392 e. The maximum Gasteiger partial charge on any atom is 0.395 e. The monoisotopic (exact) mass is 212 g/mol. The lowest BCUT2D eigenvalue weighted by atomic mass is 9.94. The Morgan fingerprint density at radius 1 is 1.54 bits per heavy atom. The molecule has 1 atom stereocenters. The van der Waals surface area contributed by atoms with Gasteiger partial charge in [0.1, 0.15) is 0 Å². The van der Waals surface area contributed by atoms with Crippen LogP contribution in [0.15, 0.2) is 22.8 Å². The maximum absolute atomic E-state index is 12.2. The van der Waals surface area contributed by atoms with Gasteiger partial charge in [0, 0.05) is 5.03 Å². The first kappa shape index (κ1) is 10.6. The quantitative estimate of drug-likeness (QED) is 0.709. The molecule has 0 fully saturated rings. The van der Waals surface area contributed by atoms with E-state index < -0.39 is 18.7 Å². The molecule has 0 aromatic heterocycles. The van der Waals surface area contributed by atoms with Gasteiger partial charge in [-0.3, -0.25) is 0 Å². The standard InChI is InChI=1S/C8H8ClF3O/c9-7-2-1-6(8(10,11)12)3-5(7)4-13/h1-2,6,13H,3-4H2. The van der Waals surface area contributed by atoms with E-state index >= 15 is 0 Å². The minimum absolute atomic E-state index is 0.211. The van der Waals surface area contributed by atoms with E-state index in [1.165, 1.54) is 6.08 Å². The third-order valence-electron chi connectivity index (χ3n) is 1.89. The molecule has 1 N–H and O–H groups in total. The van der Waals surface area contributed by atoms with E-state index in [4.69, 9.17) is 16.7 Å². The van der Waals surface area contributed by atoms with Crippen LogP contribution in [0.3, 0.4) is 0 Å². The molecule has 1 nitrogen and oxygen atoms in total. The third-order valence-corrected chi connectivity index (χ3v) is 2.28. The van der Waals surface area contributed by atoms with Crippen LogP contribution in [0.4, 0.5) is 13.2 Å². The predicted molar refractivity (Wildman–Crippen MR) is 43.3 cm³/mol. The van der Waals surface area contributed by atoms with Gasteiger partial charge in [-0.2, -0.15) is 13.2 Å². The van der Waals surface area contributed by atoms with Gasteiger partial charge < -0.3 is 5.11 Å². The van der Waals surface area contributed by atoms with Crippen LogP contribution in [0.25, 0.3) is 0 Å². The Morgan fingerprint density at radius 2 is 2.15 bits per heavy atom. The molecule has 0 radical (unpaired) electrons. The summed E-state index contributed by atoms with van der Waals surface area (Å²) in [5.74, 6) is -1.52. The number of rotatable bonds is 1. The molecule has 0 saturated heterocycles. The molecule has 1 aliphatic carbocycles. The zero-order valence-electron chi connectivity index (χ0n) is 6.61. The van der Waals surface area contributed by atoms with Crippen LogP contribution in [0.5, 0.6) is 0 Å². The molecule has 0 aromatic carbocycles. The van der Waals surface area contributed by atoms with Crippen molar-refractivity contribution in [3.05, 3.63) is 22.8 Å². The van der Waals surface area contributed by atoms with Gasteiger partial charge in [-0.1, -0.05) is 17.7 Å². The van der Waals surface area contributed by atoms with Crippen LogP contribution in [0, 0.1) is 5.92 Å². The first-order valence-corrected chi connectivity index (χ1v) is 4.06. The highest BCUT2D eigenvalue weighted by Gasteiger charge is 2.39. The Bertz CT molecular complexity index is 255. The van der Waals surface area contributed by atoms with Crippen LogP contribution in [-0.4, -0.2) is 17.9 Å². The lowest BCUT2D eigenvalue weighted by Crippen LogP contribution is -2.23. The number of aliphatic hydroxyl groups is 1. The second kappa shape index (κ2) is 3.72. The average Bonchev–Trinajstić information content (AvgIpc) is 2.03. The van der Waals surface area contributed by atoms with Crippen molar-refractivity contribution in [3.8, 4) is 0 Å². The molecule has 5 heteroatoms. The normalized spacial score (nSPS) is 23.9. The maximum atomic E-state index is 12.2. The van der Waals surface area contributed by atoms with Crippen LogP contribution >= 0.6 is 11.6 Å². The van der Waals surface area contributed by atoms with Crippen molar-refractivity contribution in [2.24, 2.45) is 5.92 Å². The highest BCUT2D eigenvalue weighted by molar-refractivity contribution is 6.31. The average molecular weight is 213 g/mol. The number of allylic oxidation sites excluding steroid dienone is 3. The highest BCUT2D eigenvalue weighted by Crippen LogP contribution is 2.36. The van der Waals surface area contributed by atoms with Gasteiger partial charge in [-0.25, -0.2) is 0 Å². The molecular formula is C8H8ClF3O. The van der Waals surface area contributed by atoms with E-state index in [1.807, 2.05) is 0 Å². The summed E-state index contributed by atoms with van der Waals surface area (Å²) >= 11 is 5.56. The summed E-state index contributed by atoms with van der Waals surface area (Å²) in [6.07, 6.45) is -2.29. The van der Waals surface area contributed by atoms with E-state index in [1.54, 1.807) is 0 Å². The van der Waals surface area contributed by atoms with Crippen molar-refractivity contribution in [1.29, 1.82) is 0 Å². The van der Waals surface area contributed by atoms with Crippen LogP contribution in [-0.2, 0) is 0 Å². The van der Waals surface area contributed by atoms with Crippen LogP contribution in [0.1, 0.15) is 6.42 Å². The first-order chi connectivity index (χ1) is 5.95. The molecule has 1 aliphatic rings. The molecular weight excluding hydrogens is 205 g/mol. The molecule has 74 valence electrons. The zero-order valence-corrected chi connectivity index (χ0v) is 7.36. The number of aliphatic hydroxyl groups excluding tert-OH is 1. The summed E-state index contributed by atoms with van der Waals surface area (Å²) in [5.41, 5.74) is 0.242. The number of alkyl halides is 3. The van der Waals surface area contributed by atoms with Gasteiger partial charge in [-0.05, 0) is 18.1 Å².